The van der Waals surface area contributed by atoms with Crippen molar-refractivity contribution in [1.29, 1.82) is 5.26 Å². The highest BCUT2D eigenvalue weighted by molar-refractivity contribution is 6.23. The number of aryl methyl sites for hydroxylation is 2. The van der Waals surface area contributed by atoms with E-state index in [1.807, 2.05) is 26.0 Å². The highest BCUT2D eigenvalue weighted by atomic mass is 16.2. The smallest absolute Gasteiger partial charge is 0.263 e. The molecule has 1 aromatic carbocycles. The van der Waals surface area contributed by atoms with E-state index in [1.54, 1.807) is 0 Å². The van der Waals surface area contributed by atoms with Crippen molar-refractivity contribution in [2.75, 3.05) is 0 Å². The predicted molar refractivity (Wildman–Crippen MR) is 73.2 cm³/mol. The quantitative estimate of drug-likeness (QED) is 0.736. The van der Waals surface area contributed by atoms with Gasteiger partial charge in [-0.2, -0.15) is 5.26 Å². The Balaban J connectivity index is 2.18. The zero-order chi connectivity index (χ0) is 14.5. The fraction of sp³-hybridized carbons (Fsp3) is 0.438. The first-order valence-electron chi connectivity index (χ1n) is 6.92. The fourth-order valence-corrected chi connectivity index (χ4v) is 3.41. The number of imide groups is 1. The molecule has 20 heavy (non-hydrogen) atoms. The molecule has 1 saturated carbocycles. The second-order valence-corrected chi connectivity index (χ2v) is 5.75. The average Bonchev–Trinajstić information content (AvgIpc) is 2.99. The minimum Gasteiger partial charge on any atom is -0.269 e. The molecule has 4 heteroatoms. The molecule has 3 rings (SSSR count). The van der Waals surface area contributed by atoms with E-state index < -0.39 is 5.54 Å². The van der Waals surface area contributed by atoms with Crippen molar-refractivity contribution in [2.24, 2.45) is 0 Å². The van der Waals surface area contributed by atoms with Gasteiger partial charge in [-0.15, -0.1) is 0 Å². The van der Waals surface area contributed by atoms with Crippen molar-refractivity contribution in [1.82, 2.24) is 4.90 Å². The number of amides is 2. The molecule has 1 heterocycles. The third-order valence-corrected chi connectivity index (χ3v) is 4.52. The van der Waals surface area contributed by atoms with Gasteiger partial charge in [-0.25, -0.2) is 0 Å². The van der Waals surface area contributed by atoms with Crippen molar-refractivity contribution >= 4 is 11.8 Å². The zero-order valence-corrected chi connectivity index (χ0v) is 11.7. The maximum absolute atomic E-state index is 12.7. The molecule has 102 valence electrons. The van der Waals surface area contributed by atoms with Crippen molar-refractivity contribution < 1.29 is 9.59 Å². The molecule has 0 aromatic heterocycles. The molecule has 0 bridgehead atoms. The number of rotatable bonds is 1. The summed E-state index contributed by atoms with van der Waals surface area (Å²) < 4.78 is 0. The Bertz CT molecular complexity index is 623. The number of fused-ring (bicyclic) bond motifs is 1. The van der Waals surface area contributed by atoms with E-state index in [-0.39, 0.29) is 11.8 Å². The van der Waals surface area contributed by atoms with E-state index in [4.69, 9.17) is 0 Å². The van der Waals surface area contributed by atoms with Gasteiger partial charge in [0.1, 0.15) is 5.54 Å². The van der Waals surface area contributed by atoms with Crippen molar-refractivity contribution in [2.45, 2.75) is 45.1 Å². The Morgan fingerprint density at radius 3 is 1.90 bits per heavy atom. The highest BCUT2D eigenvalue weighted by Gasteiger charge is 2.51. The lowest BCUT2D eigenvalue weighted by Gasteiger charge is -2.30. The summed E-state index contributed by atoms with van der Waals surface area (Å²) in [5.41, 5.74) is 1.63. The first-order chi connectivity index (χ1) is 9.52. The van der Waals surface area contributed by atoms with Crippen LogP contribution in [0.4, 0.5) is 0 Å². The number of carbonyl (C=O) groups excluding carboxylic acids is 2. The first kappa shape index (κ1) is 12.9. The predicted octanol–water partition coefficient (Wildman–Crippen LogP) is 2.74. The van der Waals surface area contributed by atoms with Crippen molar-refractivity contribution in [3.8, 4) is 6.07 Å². The van der Waals surface area contributed by atoms with Gasteiger partial charge in [0.2, 0.25) is 0 Å². The van der Waals surface area contributed by atoms with Crippen LogP contribution in [0.2, 0.25) is 0 Å². The summed E-state index contributed by atoms with van der Waals surface area (Å²) in [6.45, 7) is 3.67. The largest absolute Gasteiger partial charge is 0.269 e. The zero-order valence-electron chi connectivity index (χ0n) is 11.7. The number of carbonyl (C=O) groups is 2. The SMILES string of the molecule is Cc1ccc(C)c2c1C(=O)N(C1(C#N)CCCC1)C2=O. The van der Waals surface area contributed by atoms with Gasteiger partial charge in [-0.3, -0.25) is 14.5 Å². The molecule has 0 radical (unpaired) electrons. The molecule has 4 nitrogen and oxygen atoms in total. The van der Waals surface area contributed by atoms with E-state index in [9.17, 15) is 14.9 Å². The molecule has 2 amide bonds. The Morgan fingerprint density at radius 2 is 1.50 bits per heavy atom. The maximum atomic E-state index is 12.7. The van der Waals surface area contributed by atoms with Crippen LogP contribution in [0, 0.1) is 25.2 Å². The normalized spacial score (nSPS) is 20.1. The molecule has 0 spiro atoms. The lowest BCUT2D eigenvalue weighted by atomic mass is 9.97. The molecule has 2 aliphatic rings. The van der Waals surface area contributed by atoms with Gasteiger partial charge >= 0.3 is 0 Å². The van der Waals surface area contributed by atoms with Crippen LogP contribution in [0.15, 0.2) is 12.1 Å². The van der Waals surface area contributed by atoms with Gasteiger partial charge in [0.25, 0.3) is 11.8 Å². The molecule has 1 aliphatic heterocycles. The van der Waals surface area contributed by atoms with Gasteiger partial charge in [0.05, 0.1) is 17.2 Å². The molecular weight excluding hydrogens is 252 g/mol. The third-order valence-electron chi connectivity index (χ3n) is 4.52. The van der Waals surface area contributed by atoms with Gasteiger partial charge in [-0.05, 0) is 50.7 Å². The first-order valence-corrected chi connectivity index (χ1v) is 6.92. The van der Waals surface area contributed by atoms with E-state index in [1.165, 1.54) is 4.90 Å². The Hall–Kier alpha value is -2.15. The third kappa shape index (κ3) is 1.46. The van der Waals surface area contributed by atoms with E-state index >= 15 is 0 Å². The van der Waals surface area contributed by atoms with Crippen LogP contribution in [-0.4, -0.2) is 22.3 Å². The molecular formula is C16H16N2O2. The summed E-state index contributed by atoms with van der Waals surface area (Å²) in [5.74, 6) is -0.593. The molecule has 0 N–H and O–H groups in total. The van der Waals surface area contributed by atoms with Crippen LogP contribution in [0.1, 0.15) is 57.5 Å². The van der Waals surface area contributed by atoms with Gasteiger partial charge < -0.3 is 0 Å². The second-order valence-electron chi connectivity index (χ2n) is 5.75. The van der Waals surface area contributed by atoms with Crippen molar-refractivity contribution in [3.63, 3.8) is 0 Å². The van der Waals surface area contributed by atoms with Gasteiger partial charge in [0, 0.05) is 0 Å². The average molecular weight is 268 g/mol. The number of hydrogen-bond acceptors (Lipinski definition) is 3. The molecule has 1 aliphatic carbocycles. The summed E-state index contributed by atoms with van der Waals surface area (Å²) in [5, 5.41) is 9.53. The standard InChI is InChI=1S/C16H16N2O2/c1-10-5-6-11(2)13-12(10)14(19)18(15(13)20)16(9-17)7-3-4-8-16/h5-6H,3-4,7-8H2,1-2H3. The number of nitriles is 1. The summed E-state index contributed by atoms with van der Waals surface area (Å²) in [7, 11) is 0. The summed E-state index contributed by atoms with van der Waals surface area (Å²) in [4.78, 5) is 26.6. The Labute approximate surface area is 118 Å². The Morgan fingerprint density at radius 1 is 1.05 bits per heavy atom. The molecule has 1 aromatic rings. The van der Waals surface area contributed by atoms with Crippen LogP contribution in [-0.2, 0) is 0 Å². The minimum atomic E-state index is -0.938. The van der Waals surface area contributed by atoms with Crippen LogP contribution >= 0.6 is 0 Å². The van der Waals surface area contributed by atoms with Gasteiger partial charge in [0.15, 0.2) is 0 Å². The lowest BCUT2D eigenvalue weighted by molar-refractivity contribution is 0.0514. The summed E-state index contributed by atoms with van der Waals surface area (Å²) in [6.07, 6.45) is 2.96. The molecule has 1 fully saturated rings. The van der Waals surface area contributed by atoms with E-state index in [2.05, 4.69) is 6.07 Å². The van der Waals surface area contributed by atoms with Crippen LogP contribution < -0.4 is 0 Å². The molecule has 0 atom stereocenters. The van der Waals surface area contributed by atoms with E-state index in [0.29, 0.717) is 24.0 Å². The Kier molecular flexibility index (Phi) is 2.68. The summed E-state index contributed by atoms with van der Waals surface area (Å²) >= 11 is 0. The highest BCUT2D eigenvalue weighted by Crippen LogP contribution is 2.41. The minimum absolute atomic E-state index is 0.297. The fourth-order valence-electron chi connectivity index (χ4n) is 3.41. The summed E-state index contributed by atoms with van der Waals surface area (Å²) in [6, 6.07) is 5.95. The number of nitrogens with zero attached hydrogens (tertiary/aromatic N) is 2. The number of benzene rings is 1. The molecule has 0 saturated heterocycles. The second kappa shape index (κ2) is 4.17. The monoisotopic (exact) mass is 268 g/mol. The van der Waals surface area contributed by atoms with Crippen molar-refractivity contribution in [3.05, 3.63) is 34.4 Å². The number of hydrogen-bond donors (Lipinski definition) is 0. The lowest BCUT2D eigenvalue weighted by Crippen LogP contribution is -2.49. The van der Waals surface area contributed by atoms with Crippen LogP contribution in [0.3, 0.4) is 0 Å². The molecule has 0 unspecified atom stereocenters. The van der Waals surface area contributed by atoms with Gasteiger partial charge in [-0.1, -0.05) is 12.1 Å². The maximum Gasteiger partial charge on any atom is 0.263 e. The van der Waals surface area contributed by atoms with Crippen LogP contribution in [0.5, 0.6) is 0 Å². The van der Waals surface area contributed by atoms with E-state index in [0.717, 1.165) is 24.0 Å². The topological polar surface area (TPSA) is 61.2 Å². The van der Waals surface area contributed by atoms with Crippen LogP contribution in [0.25, 0.3) is 0 Å².